The second-order valence-corrected chi connectivity index (χ2v) is 4.92. The van der Waals surface area contributed by atoms with E-state index in [-0.39, 0.29) is 23.6 Å². The second-order valence-electron chi connectivity index (χ2n) is 4.92. The van der Waals surface area contributed by atoms with Gasteiger partial charge >= 0.3 is 0 Å². The maximum Gasteiger partial charge on any atom is 0.289 e. The Hall–Kier alpha value is -1.36. The molecule has 5 heteroatoms. The molecule has 1 aromatic rings. The van der Waals surface area contributed by atoms with Crippen molar-refractivity contribution in [1.82, 2.24) is 10.5 Å². The van der Waals surface area contributed by atoms with Crippen molar-refractivity contribution in [3.8, 4) is 0 Å². The number of hydrogen-bond donors (Lipinski definition) is 2. The number of aryl methyl sites for hydroxylation is 1. The molecular weight excluding hydrogens is 208 g/mol. The Labute approximate surface area is 94.8 Å². The summed E-state index contributed by atoms with van der Waals surface area (Å²) in [5, 5.41) is 15.9. The lowest BCUT2D eigenvalue weighted by molar-refractivity contribution is 0.0576. The Morgan fingerprint density at radius 2 is 2.25 bits per heavy atom. The van der Waals surface area contributed by atoms with Gasteiger partial charge in [-0.3, -0.25) is 4.79 Å². The molecule has 0 aromatic carbocycles. The van der Waals surface area contributed by atoms with E-state index in [2.05, 4.69) is 10.5 Å². The molecule has 0 radical (unpaired) electrons. The smallest absolute Gasteiger partial charge is 0.289 e. The predicted molar refractivity (Wildman–Crippen MR) is 59.0 cm³/mol. The Morgan fingerprint density at radius 1 is 1.62 bits per heavy atom. The Morgan fingerprint density at radius 3 is 2.69 bits per heavy atom. The molecule has 1 rings (SSSR count). The van der Waals surface area contributed by atoms with Gasteiger partial charge in [-0.15, -0.1) is 0 Å². The summed E-state index contributed by atoms with van der Waals surface area (Å²) in [5.41, 5.74) is 0.395. The van der Waals surface area contributed by atoms with Gasteiger partial charge in [0.05, 0.1) is 11.8 Å². The van der Waals surface area contributed by atoms with Crippen molar-refractivity contribution in [1.29, 1.82) is 0 Å². The maximum absolute atomic E-state index is 11.5. The summed E-state index contributed by atoms with van der Waals surface area (Å²) in [6, 6.07) is 1.55. The number of amides is 1. The van der Waals surface area contributed by atoms with E-state index in [9.17, 15) is 9.90 Å². The zero-order valence-electron chi connectivity index (χ0n) is 10.1. The number of aliphatic hydroxyl groups is 1. The van der Waals surface area contributed by atoms with E-state index in [4.69, 9.17) is 4.52 Å². The fourth-order valence-corrected chi connectivity index (χ4v) is 1.05. The number of aliphatic hydroxyl groups excluding tert-OH is 1. The van der Waals surface area contributed by atoms with Gasteiger partial charge in [0.2, 0.25) is 5.76 Å². The van der Waals surface area contributed by atoms with Gasteiger partial charge in [-0.05, 0) is 12.3 Å². The summed E-state index contributed by atoms with van der Waals surface area (Å²) in [7, 11) is 0. The highest BCUT2D eigenvalue weighted by molar-refractivity contribution is 5.91. The summed E-state index contributed by atoms with van der Waals surface area (Å²) in [4.78, 5) is 11.5. The third-order valence-electron chi connectivity index (χ3n) is 2.31. The van der Waals surface area contributed by atoms with E-state index in [1.165, 1.54) is 0 Å². The Balaban J connectivity index is 2.48. The van der Waals surface area contributed by atoms with E-state index >= 15 is 0 Å². The molecule has 0 aliphatic carbocycles. The van der Waals surface area contributed by atoms with Crippen molar-refractivity contribution in [2.75, 3.05) is 6.54 Å². The molecule has 0 fully saturated rings. The zero-order valence-corrected chi connectivity index (χ0v) is 10.1. The molecule has 1 unspecified atom stereocenters. The number of carbonyl (C=O) groups is 1. The first-order valence-corrected chi connectivity index (χ1v) is 5.20. The monoisotopic (exact) mass is 226 g/mol. The number of nitrogens with one attached hydrogen (secondary N) is 1. The average Bonchev–Trinajstić information content (AvgIpc) is 2.59. The van der Waals surface area contributed by atoms with Gasteiger partial charge in [0.1, 0.15) is 0 Å². The van der Waals surface area contributed by atoms with Crippen molar-refractivity contribution in [3.63, 3.8) is 0 Å². The van der Waals surface area contributed by atoms with Crippen molar-refractivity contribution in [3.05, 3.63) is 17.5 Å². The summed E-state index contributed by atoms with van der Waals surface area (Å²) >= 11 is 0. The van der Waals surface area contributed by atoms with Gasteiger partial charge in [0.25, 0.3) is 5.91 Å². The average molecular weight is 226 g/mol. The van der Waals surface area contributed by atoms with Crippen LogP contribution >= 0.6 is 0 Å². The molecular formula is C11H18N2O3. The third kappa shape index (κ3) is 3.34. The van der Waals surface area contributed by atoms with Crippen LogP contribution in [0, 0.1) is 12.3 Å². The topological polar surface area (TPSA) is 75.4 Å². The summed E-state index contributed by atoms with van der Waals surface area (Å²) in [6.45, 7) is 7.65. The number of hydrogen-bond acceptors (Lipinski definition) is 4. The van der Waals surface area contributed by atoms with Crippen LogP contribution in [-0.2, 0) is 0 Å². The Bertz CT molecular complexity index is 366. The largest absolute Gasteiger partial charge is 0.391 e. The molecule has 0 saturated heterocycles. The van der Waals surface area contributed by atoms with Gasteiger partial charge in [-0.25, -0.2) is 0 Å². The van der Waals surface area contributed by atoms with Gasteiger partial charge < -0.3 is 14.9 Å². The Kier molecular flexibility index (Phi) is 3.70. The highest BCUT2D eigenvalue weighted by Gasteiger charge is 2.23. The molecule has 1 atom stereocenters. The molecule has 1 heterocycles. The van der Waals surface area contributed by atoms with Gasteiger partial charge in [0, 0.05) is 12.6 Å². The normalized spacial score (nSPS) is 13.6. The molecule has 5 nitrogen and oxygen atoms in total. The van der Waals surface area contributed by atoms with Gasteiger partial charge in [-0.1, -0.05) is 25.9 Å². The molecule has 2 N–H and O–H groups in total. The number of nitrogens with zero attached hydrogens (tertiary/aromatic N) is 1. The number of carbonyl (C=O) groups excluding carboxylic acids is 1. The summed E-state index contributed by atoms with van der Waals surface area (Å²) < 4.78 is 4.80. The van der Waals surface area contributed by atoms with Gasteiger partial charge in [-0.2, -0.15) is 0 Å². The zero-order chi connectivity index (χ0) is 12.3. The molecule has 90 valence electrons. The van der Waals surface area contributed by atoms with Crippen molar-refractivity contribution in [2.24, 2.45) is 5.41 Å². The first-order chi connectivity index (χ1) is 7.30. The van der Waals surface area contributed by atoms with E-state index in [0.717, 1.165) is 0 Å². The first-order valence-electron chi connectivity index (χ1n) is 5.20. The highest BCUT2D eigenvalue weighted by Crippen LogP contribution is 2.18. The fraction of sp³-hybridized carbons (Fsp3) is 0.636. The minimum Gasteiger partial charge on any atom is -0.391 e. The number of aromatic nitrogens is 1. The van der Waals surface area contributed by atoms with Crippen LogP contribution in [0.2, 0.25) is 0 Å². The molecule has 0 aliphatic heterocycles. The lowest BCUT2D eigenvalue weighted by Crippen LogP contribution is -2.39. The number of rotatable bonds is 3. The summed E-state index contributed by atoms with van der Waals surface area (Å²) in [6.07, 6.45) is -0.597. The van der Waals surface area contributed by atoms with Crippen LogP contribution in [-0.4, -0.2) is 28.8 Å². The predicted octanol–water partition coefficient (Wildman–Crippen LogP) is 1.12. The first kappa shape index (κ1) is 12.7. The molecule has 16 heavy (non-hydrogen) atoms. The second kappa shape index (κ2) is 4.65. The summed E-state index contributed by atoms with van der Waals surface area (Å²) in [5.74, 6) is -0.192. The van der Waals surface area contributed by atoms with Crippen molar-refractivity contribution in [2.45, 2.75) is 33.8 Å². The molecule has 1 amide bonds. The molecule has 0 bridgehead atoms. The van der Waals surface area contributed by atoms with Crippen LogP contribution in [0.1, 0.15) is 37.0 Å². The van der Waals surface area contributed by atoms with E-state index in [0.29, 0.717) is 5.69 Å². The third-order valence-corrected chi connectivity index (χ3v) is 2.31. The lowest BCUT2D eigenvalue weighted by Gasteiger charge is -2.25. The van der Waals surface area contributed by atoms with Crippen LogP contribution in [0.15, 0.2) is 10.6 Å². The minimum absolute atomic E-state index is 0.165. The van der Waals surface area contributed by atoms with Crippen LogP contribution in [0.4, 0.5) is 0 Å². The highest BCUT2D eigenvalue weighted by atomic mass is 16.5. The lowest BCUT2D eigenvalue weighted by atomic mass is 9.89. The van der Waals surface area contributed by atoms with E-state index < -0.39 is 6.10 Å². The minimum atomic E-state index is -0.597. The van der Waals surface area contributed by atoms with Gasteiger partial charge in [0.15, 0.2) is 0 Å². The fourth-order valence-electron chi connectivity index (χ4n) is 1.05. The molecule has 1 aromatic heterocycles. The quantitative estimate of drug-likeness (QED) is 0.809. The van der Waals surface area contributed by atoms with Crippen LogP contribution in [0.25, 0.3) is 0 Å². The standard InChI is InChI=1S/C11H18N2O3/c1-7-5-8(16-13-7)10(15)12-6-9(14)11(2,3)4/h5,9,14H,6H2,1-4H3,(H,12,15). The molecule has 0 saturated carbocycles. The molecule has 0 aliphatic rings. The van der Waals surface area contributed by atoms with Crippen LogP contribution < -0.4 is 5.32 Å². The SMILES string of the molecule is Cc1cc(C(=O)NCC(O)C(C)(C)C)on1. The van der Waals surface area contributed by atoms with E-state index in [1.807, 2.05) is 20.8 Å². The van der Waals surface area contributed by atoms with Crippen LogP contribution in [0.5, 0.6) is 0 Å². The maximum atomic E-state index is 11.5. The van der Waals surface area contributed by atoms with Crippen molar-refractivity contribution < 1.29 is 14.4 Å². The molecule has 0 spiro atoms. The van der Waals surface area contributed by atoms with Crippen molar-refractivity contribution >= 4 is 5.91 Å². The van der Waals surface area contributed by atoms with E-state index in [1.54, 1.807) is 13.0 Å². The van der Waals surface area contributed by atoms with Crippen LogP contribution in [0.3, 0.4) is 0 Å².